The van der Waals surface area contributed by atoms with Crippen LogP contribution in [0.1, 0.15) is 5.56 Å². The number of hydrogen-bond donors (Lipinski definition) is 1. The van der Waals surface area contributed by atoms with Gasteiger partial charge in [-0.2, -0.15) is 0 Å². The summed E-state index contributed by atoms with van der Waals surface area (Å²) >= 11 is 0. The van der Waals surface area contributed by atoms with E-state index in [2.05, 4.69) is 5.32 Å². The molecule has 1 N–H and O–H groups in total. The highest BCUT2D eigenvalue weighted by Gasteiger charge is 2.09. The Labute approximate surface area is 115 Å². The summed E-state index contributed by atoms with van der Waals surface area (Å²) in [5.74, 6) is -0.206. The van der Waals surface area contributed by atoms with Gasteiger partial charge in [-0.1, -0.05) is 48.5 Å². The van der Waals surface area contributed by atoms with Crippen molar-refractivity contribution >= 4 is 16.7 Å². The van der Waals surface area contributed by atoms with Crippen LogP contribution in [-0.2, 0) is 22.1 Å². The van der Waals surface area contributed by atoms with Crippen molar-refractivity contribution in [2.45, 2.75) is 11.4 Å². The molecule has 0 aliphatic rings. The first-order chi connectivity index (χ1) is 9.25. The Kier molecular flexibility index (Phi) is 4.86. The molecule has 1 amide bonds. The van der Waals surface area contributed by atoms with Crippen molar-refractivity contribution in [3.8, 4) is 0 Å². The number of nitrogens with one attached hydrogen (secondary N) is 1. The zero-order valence-corrected chi connectivity index (χ0v) is 11.2. The molecule has 0 fully saturated rings. The first-order valence-electron chi connectivity index (χ1n) is 6.00. The number of rotatable bonds is 5. The van der Waals surface area contributed by atoms with Crippen molar-refractivity contribution in [2.75, 3.05) is 5.75 Å². The number of amides is 1. The normalized spacial score (nSPS) is 11.8. The Balaban J connectivity index is 1.83. The molecular weight excluding hydrogens is 258 g/mol. The predicted molar refractivity (Wildman–Crippen MR) is 76.0 cm³/mol. The average molecular weight is 273 g/mol. The summed E-state index contributed by atoms with van der Waals surface area (Å²) in [7, 11) is -1.28. The molecule has 4 heteroatoms. The summed E-state index contributed by atoms with van der Waals surface area (Å²) in [5.41, 5.74) is 1.03. The lowest BCUT2D eigenvalue weighted by Gasteiger charge is -2.05. The van der Waals surface area contributed by atoms with Gasteiger partial charge in [-0.25, -0.2) is 0 Å². The lowest BCUT2D eigenvalue weighted by Crippen LogP contribution is -2.27. The van der Waals surface area contributed by atoms with Crippen LogP contribution in [0.4, 0.5) is 0 Å². The van der Waals surface area contributed by atoms with Crippen LogP contribution in [0.25, 0.3) is 0 Å². The minimum atomic E-state index is -1.28. The van der Waals surface area contributed by atoms with Gasteiger partial charge in [-0.3, -0.25) is 9.00 Å². The minimum absolute atomic E-state index is 0.00313. The Bertz CT molecular complexity index is 555. The standard InChI is InChI=1S/C15H15NO2S/c17-15(16-11-13-7-3-1-4-8-13)12-19(18)14-9-5-2-6-10-14/h1-10H,11-12H2,(H,16,17). The van der Waals surface area contributed by atoms with Crippen LogP contribution in [-0.4, -0.2) is 15.9 Å². The van der Waals surface area contributed by atoms with E-state index in [1.165, 1.54) is 0 Å². The third kappa shape index (κ3) is 4.34. The third-order valence-electron chi connectivity index (χ3n) is 2.60. The van der Waals surface area contributed by atoms with Crippen molar-refractivity contribution in [2.24, 2.45) is 0 Å². The number of hydrogen-bond acceptors (Lipinski definition) is 2. The van der Waals surface area contributed by atoms with Crippen LogP contribution in [0.2, 0.25) is 0 Å². The predicted octanol–water partition coefficient (Wildman–Crippen LogP) is 2.11. The molecule has 0 saturated heterocycles. The van der Waals surface area contributed by atoms with Gasteiger partial charge in [0.15, 0.2) is 0 Å². The van der Waals surface area contributed by atoms with Crippen LogP contribution < -0.4 is 5.32 Å². The molecule has 0 aliphatic heterocycles. The van der Waals surface area contributed by atoms with E-state index < -0.39 is 10.8 Å². The topological polar surface area (TPSA) is 46.2 Å². The van der Waals surface area contributed by atoms with Gasteiger partial charge in [0, 0.05) is 11.4 Å². The Hall–Kier alpha value is -1.94. The van der Waals surface area contributed by atoms with Crippen LogP contribution in [0.3, 0.4) is 0 Å². The van der Waals surface area contributed by atoms with Crippen LogP contribution >= 0.6 is 0 Å². The van der Waals surface area contributed by atoms with Gasteiger partial charge in [0.05, 0.1) is 10.8 Å². The van der Waals surface area contributed by atoms with Crippen molar-refractivity contribution < 1.29 is 9.00 Å². The van der Waals surface area contributed by atoms with Gasteiger partial charge < -0.3 is 5.32 Å². The summed E-state index contributed by atoms with van der Waals surface area (Å²) in [5, 5.41) is 2.77. The molecule has 19 heavy (non-hydrogen) atoms. The highest BCUT2D eigenvalue weighted by Crippen LogP contribution is 2.05. The van der Waals surface area contributed by atoms with E-state index in [4.69, 9.17) is 0 Å². The zero-order chi connectivity index (χ0) is 13.5. The smallest absolute Gasteiger partial charge is 0.233 e. The number of carbonyl (C=O) groups excluding carboxylic acids is 1. The number of carbonyl (C=O) groups is 1. The van der Waals surface area contributed by atoms with Crippen molar-refractivity contribution in [3.63, 3.8) is 0 Å². The van der Waals surface area contributed by atoms with Crippen molar-refractivity contribution in [1.82, 2.24) is 5.32 Å². The average Bonchev–Trinajstić information content (AvgIpc) is 2.47. The zero-order valence-electron chi connectivity index (χ0n) is 10.4. The van der Waals surface area contributed by atoms with Gasteiger partial charge in [0.25, 0.3) is 0 Å². The Morgan fingerprint density at radius 1 is 0.947 bits per heavy atom. The summed E-state index contributed by atoms with van der Waals surface area (Å²) < 4.78 is 11.9. The molecule has 3 nitrogen and oxygen atoms in total. The quantitative estimate of drug-likeness (QED) is 0.907. The number of benzene rings is 2. The molecule has 1 atom stereocenters. The van der Waals surface area contributed by atoms with Gasteiger partial charge in [-0.05, 0) is 17.7 Å². The van der Waals surface area contributed by atoms with Crippen LogP contribution in [0, 0.1) is 0 Å². The summed E-state index contributed by atoms with van der Waals surface area (Å²) in [6.45, 7) is 0.464. The first-order valence-corrected chi connectivity index (χ1v) is 7.31. The molecule has 0 radical (unpaired) electrons. The first kappa shape index (κ1) is 13.5. The van der Waals surface area contributed by atoms with Crippen LogP contribution in [0.15, 0.2) is 65.6 Å². The van der Waals surface area contributed by atoms with Crippen molar-refractivity contribution in [3.05, 3.63) is 66.2 Å². The molecule has 0 aromatic heterocycles. The molecular formula is C15H15NO2S. The van der Waals surface area contributed by atoms with Crippen LogP contribution in [0.5, 0.6) is 0 Å². The summed E-state index contributed by atoms with van der Waals surface area (Å²) in [6.07, 6.45) is 0. The maximum Gasteiger partial charge on any atom is 0.233 e. The SMILES string of the molecule is O=C(CS(=O)c1ccccc1)NCc1ccccc1. The lowest BCUT2D eigenvalue weighted by atomic mass is 10.2. The maximum atomic E-state index is 11.9. The fourth-order valence-corrected chi connectivity index (χ4v) is 2.59. The van der Waals surface area contributed by atoms with Gasteiger partial charge in [0.1, 0.15) is 5.75 Å². The highest BCUT2D eigenvalue weighted by molar-refractivity contribution is 7.85. The monoisotopic (exact) mass is 273 g/mol. The van der Waals surface area contributed by atoms with E-state index in [1.54, 1.807) is 12.1 Å². The van der Waals surface area contributed by atoms with Crippen molar-refractivity contribution in [1.29, 1.82) is 0 Å². The summed E-state index contributed by atoms with van der Waals surface area (Å²) in [4.78, 5) is 12.4. The molecule has 2 aromatic carbocycles. The van der Waals surface area contributed by atoms with E-state index in [-0.39, 0.29) is 11.7 Å². The Morgan fingerprint density at radius 3 is 2.16 bits per heavy atom. The van der Waals surface area contributed by atoms with E-state index in [9.17, 15) is 9.00 Å². The highest BCUT2D eigenvalue weighted by atomic mass is 32.2. The molecule has 98 valence electrons. The fraction of sp³-hybridized carbons (Fsp3) is 0.133. The maximum absolute atomic E-state index is 11.9. The van der Waals surface area contributed by atoms with Gasteiger partial charge in [-0.15, -0.1) is 0 Å². The van der Waals surface area contributed by atoms with E-state index in [0.717, 1.165) is 5.56 Å². The minimum Gasteiger partial charge on any atom is -0.351 e. The van der Waals surface area contributed by atoms with E-state index in [0.29, 0.717) is 11.4 Å². The molecule has 1 unspecified atom stereocenters. The second kappa shape index (κ2) is 6.85. The molecule has 0 saturated carbocycles. The van der Waals surface area contributed by atoms with E-state index >= 15 is 0 Å². The molecule has 2 aromatic rings. The lowest BCUT2D eigenvalue weighted by molar-refractivity contribution is -0.118. The fourth-order valence-electron chi connectivity index (χ4n) is 1.62. The second-order valence-corrected chi connectivity index (χ2v) is 5.52. The Morgan fingerprint density at radius 2 is 1.53 bits per heavy atom. The van der Waals surface area contributed by atoms with Gasteiger partial charge in [0.2, 0.25) is 5.91 Å². The van der Waals surface area contributed by atoms with Gasteiger partial charge >= 0.3 is 0 Å². The molecule has 0 spiro atoms. The molecule has 0 aliphatic carbocycles. The third-order valence-corrected chi connectivity index (χ3v) is 3.92. The molecule has 0 heterocycles. The molecule has 2 rings (SSSR count). The van der Waals surface area contributed by atoms with E-state index in [1.807, 2.05) is 48.5 Å². The molecule has 0 bridgehead atoms. The summed E-state index contributed by atoms with van der Waals surface area (Å²) in [6, 6.07) is 18.7. The second-order valence-electron chi connectivity index (χ2n) is 4.07. The largest absolute Gasteiger partial charge is 0.351 e.